The molecule has 112 valence electrons. The molecule has 2 rings (SSSR count). The molecule has 2 aliphatic carbocycles. The number of carboxylic acid groups (broad SMARTS) is 2. The number of rotatable bonds is 5. The van der Waals surface area contributed by atoms with E-state index in [0.717, 1.165) is 63.4 Å². The summed E-state index contributed by atoms with van der Waals surface area (Å²) in [6, 6.07) is 0. The van der Waals surface area contributed by atoms with Gasteiger partial charge in [-0.15, -0.1) is 0 Å². The fraction of sp³-hybridized carbons (Fsp3) is 0.750. The molecule has 1 atom stereocenters. The first kappa shape index (κ1) is 15.1. The zero-order valence-electron chi connectivity index (χ0n) is 11.9. The molecule has 1 fully saturated rings. The zero-order chi connectivity index (χ0) is 14.6. The molecule has 4 heteroatoms. The summed E-state index contributed by atoms with van der Waals surface area (Å²) in [5, 5.41) is 19.0. The normalized spacial score (nSPS) is 23.7. The average molecular weight is 280 g/mol. The highest BCUT2D eigenvalue weighted by Crippen LogP contribution is 2.49. The molecular formula is C16H24O4. The average Bonchev–Trinajstić information content (AvgIpc) is 2.39. The minimum Gasteiger partial charge on any atom is -0.481 e. The van der Waals surface area contributed by atoms with E-state index < -0.39 is 23.3 Å². The second-order valence-corrected chi connectivity index (χ2v) is 6.29. The Kier molecular flexibility index (Phi) is 4.84. The molecule has 0 bridgehead atoms. The van der Waals surface area contributed by atoms with Crippen LogP contribution in [0.3, 0.4) is 0 Å². The van der Waals surface area contributed by atoms with Crippen molar-refractivity contribution in [3.63, 3.8) is 0 Å². The molecule has 20 heavy (non-hydrogen) atoms. The SMILES string of the molecule is O=C(O)CC1(C(C(=O)O)C2=CCCCC2)CCCCC1. The molecule has 0 amide bonds. The molecule has 0 heterocycles. The summed E-state index contributed by atoms with van der Waals surface area (Å²) >= 11 is 0. The highest BCUT2D eigenvalue weighted by molar-refractivity contribution is 5.77. The van der Waals surface area contributed by atoms with Crippen LogP contribution in [-0.4, -0.2) is 22.2 Å². The van der Waals surface area contributed by atoms with E-state index in [1.807, 2.05) is 0 Å². The highest BCUT2D eigenvalue weighted by Gasteiger charge is 2.46. The minimum atomic E-state index is -0.866. The molecule has 0 aromatic heterocycles. The summed E-state index contributed by atoms with van der Waals surface area (Å²) in [5.41, 5.74) is 0.408. The summed E-state index contributed by atoms with van der Waals surface area (Å²) in [6.45, 7) is 0. The maximum atomic E-state index is 11.9. The standard InChI is InChI=1S/C16H24O4/c17-13(18)11-16(9-5-2-6-10-16)14(15(19)20)12-7-3-1-4-8-12/h7,14H,1-6,8-11H2,(H,17,18)(H,19,20). The van der Waals surface area contributed by atoms with Crippen LogP contribution in [0.25, 0.3) is 0 Å². The van der Waals surface area contributed by atoms with Gasteiger partial charge in [-0.3, -0.25) is 9.59 Å². The molecule has 0 saturated heterocycles. The largest absolute Gasteiger partial charge is 0.481 e. The van der Waals surface area contributed by atoms with Gasteiger partial charge in [0.2, 0.25) is 0 Å². The Bertz CT molecular complexity index is 405. The summed E-state index contributed by atoms with van der Waals surface area (Å²) < 4.78 is 0. The monoisotopic (exact) mass is 280 g/mol. The number of carboxylic acids is 2. The third-order valence-corrected chi connectivity index (χ3v) is 4.91. The summed E-state index contributed by atoms with van der Waals surface area (Å²) in [5.74, 6) is -2.30. The first-order valence-corrected chi connectivity index (χ1v) is 7.69. The van der Waals surface area contributed by atoms with E-state index in [9.17, 15) is 19.8 Å². The lowest BCUT2D eigenvalue weighted by atomic mass is 9.61. The molecule has 0 spiro atoms. The van der Waals surface area contributed by atoms with Crippen molar-refractivity contribution in [3.05, 3.63) is 11.6 Å². The van der Waals surface area contributed by atoms with Crippen molar-refractivity contribution in [1.82, 2.24) is 0 Å². The molecular weight excluding hydrogens is 256 g/mol. The molecule has 0 radical (unpaired) electrons. The van der Waals surface area contributed by atoms with Crippen LogP contribution in [0.2, 0.25) is 0 Å². The van der Waals surface area contributed by atoms with Gasteiger partial charge in [0.1, 0.15) is 0 Å². The van der Waals surface area contributed by atoms with Gasteiger partial charge in [-0.1, -0.05) is 30.9 Å². The zero-order valence-corrected chi connectivity index (χ0v) is 11.9. The predicted octanol–water partition coefficient (Wildman–Crippen LogP) is 3.61. The Morgan fingerprint density at radius 1 is 1.10 bits per heavy atom. The van der Waals surface area contributed by atoms with Crippen LogP contribution < -0.4 is 0 Å². The third-order valence-electron chi connectivity index (χ3n) is 4.91. The van der Waals surface area contributed by atoms with Crippen LogP contribution in [0.15, 0.2) is 11.6 Å². The second kappa shape index (κ2) is 6.42. The first-order valence-electron chi connectivity index (χ1n) is 7.69. The molecule has 2 N–H and O–H groups in total. The van der Waals surface area contributed by atoms with Crippen molar-refractivity contribution >= 4 is 11.9 Å². The number of hydrogen-bond acceptors (Lipinski definition) is 2. The van der Waals surface area contributed by atoms with Crippen molar-refractivity contribution in [2.45, 2.75) is 64.2 Å². The Morgan fingerprint density at radius 2 is 1.80 bits per heavy atom. The highest BCUT2D eigenvalue weighted by atomic mass is 16.4. The summed E-state index contributed by atoms with van der Waals surface area (Å²) in [7, 11) is 0. The van der Waals surface area contributed by atoms with Gasteiger partial charge < -0.3 is 10.2 Å². The van der Waals surface area contributed by atoms with Crippen molar-refractivity contribution in [1.29, 1.82) is 0 Å². The fourth-order valence-electron chi connectivity index (χ4n) is 4.06. The van der Waals surface area contributed by atoms with Crippen LogP contribution in [0.4, 0.5) is 0 Å². The number of hydrogen-bond donors (Lipinski definition) is 2. The van der Waals surface area contributed by atoms with Crippen LogP contribution in [0.1, 0.15) is 64.2 Å². The van der Waals surface area contributed by atoms with Crippen LogP contribution in [0.5, 0.6) is 0 Å². The van der Waals surface area contributed by atoms with Gasteiger partial charge in [-0.05, 0) is 43.9 Å². The molecule has 0 aromatic rings. The van der Waals surface area contributed by atoms with Gasteiger partial charge in [0.25, 0.3) is 0 Å². The Labute approximate surface area is 119 Å². The van der Waals surface area contributed by atoms with Gasteiger partial charge in [0.15, 0.2) is 0 Å². The maximum absolute atomic E-state index is 11.9. The summed E-state index contributed by atoms with van der Waals surface area (Å²) in [4.78, 5) is 23.1. The Balaban J connectivity index is 2.33. The van der Waals surface area contributed by atoms with E-state index in [4.69, 9.17) is 0 Å². The lowest BCUT2D eigenvalue weighted by Gasteiger charge is -2.42. The molecule has 1 unspecified atom stereocenters. The molecule has 1 saturated carbocycles. The van der Waals surface area contributed by atoms with Gasteiger partial charge in [0.05, 0.1) is 12.3 Å². The number of carbonyl (C=O) groups is 2. The smallest absolute Gasteiger partial charge is 0.311 e. The Morgan fingerprint density at radius 3 is 2.30 bits per heavy atom. The van der Waals surface area contributed by atoms with E-state index >= 15 is 0 Å². The van der Waals surface area contributed by atoms with Crippen LogP contribution >= 0.6 is 0 Å². The van der Waals surface area contributed by atoms with Gasteiger partial charge in [-0.25, -0.2) is 0 Å². The van der Waals surface area contributed by atoms with E-state index in [1.165, 1.54) is 0 Å². The molecule has 0 aliphatic heterocycles. The lowest BCUT2D eigenvalue weighted by Crippen LogP contribution is -2.41. The summed E-state index contributed by atoms with van der Waals surface area (Å²) in [6.07, 6.45) is 10.4. The van der Waals surface area contributed by atoms with E-state index in [2.05, 4.69) is 6.08 Å². The van der Waals surface area contributed by atoms with Gasteiger partial charge >= 0.3 is 11.9 Å². The number of allylic oxidation sites excluding steroid dienone is 1. The van der Waals surface area contributed by atoms with Gasteiger partial charge in [-0.2, -0.15) is 0 Å². The fourth-order valence-corrected chi connectivity index (χ4v) is 4.06. The maximum Gasteiger partial charge on any atom is 0.311 e. The van der Waals surface area contributed by atoms with Crippen molar-refractivity contribution in [2.24, 2.45) is 11.3 Å². The predicted molar refractivity (Wildman–Crippen MR) is 75.4 cm³/mol. The molecule has 0 aromatic carbocycles. The third kappa shape index (κ3) is 3.22. The first-order chi connectivity index (χ1) is 9.55. The van der Waals surface area contributed by atoms with Crippen molar-refractivity contribution in [2.75, 3.05) is 0 Å². The Hall–Kier alpha value is -1.32. The molecule has 4 nitrogen and oxygen atoms in total. The lowest BCUT2D eigenvalue weighted by molar-refractivity contribution is -0.150. The van der Waals surface area contributed by atoms with E-state index in [-0.39, 0.29) is 6.42 Å². The van der Waals surface area contributed by atoms with Gasteiger partial charge in [0, 0.05) is 0 Å². The molecule has 2 aliphatic rings. The van der Waals surface area contributed by atoms with Crippen molar-refractivity contribution in [3.8, 4) is 0 Å². The van der Waals surface area contributed by atoms with Crippen LogP contribution in [-0.2, 0) is 9.59 Å². The second-order valence-electron chi connectivity index (χ2n) is 6.29. The van der Waals surface area contributed by atoms with Crippen molar-refractivity contribution < 1.29 is 19.8 Å². The van der Waals surface area contributed by atoms with E-state index in [0.29, 0.717) is 0 Å². The quantitative estimate of drug-likeness (QED) is 0.754. The van der Waals surface area contributed by atoms with Crippen LogP contribution in [0, 0.1) is 11.3 Å². The minimum absolute atomic E-state index is 0.0126. The number of aliphatic carboxylic acids is 2. The van der Waals surface area contributed by atoms with E-state index in [1.54, 1.807) is 0 Å². The topological polar surface area (TPSA) is 74.6 Å².